The minimum Gasteiger partial charge on any atom is -0.213 e. The van der Waals surface area contributed by atoms with Gasteiger partial charge in [-0.2, -0.15) is 0 Å². The third-order valence-electron chi connectivity index (χ3n) is 0.595. The first-order chi connectivity index (χ1) is 4.21. The van der Waals surface area contributed by atoms with Gasteiger partial charge in [-0.25, -0.2) is 13.1 Å². The van der Waals surface area contributed by atoms with Crippen molar-refractivity contribution in [3.05, 3.63) is 0 Å². The maximum atomic E-state index is 10.5. The van der Waals surface area contributed by atoms with Crippen LogP contribution in [-0.2, 0) is 10.0 Å². The topological polar surface area (TPSA) is 46.2 Å². The summed E-state index contributed by atoms with van der Waals surface area (Å²) in [5.74, 6) is 0.304. The van der Waals surface area contributed by atoms with E-state index in [0.717, 1.165) is 6.26 Å². The zero-order valence-corrected chi connectivity index (χ0v) is 9.16. The second-order valence-electron chi connectivity index (χ2n) is 2.05. The molecule has 0 spiro atoms. The van der Waals surface area contributed by atoms with Crippen molar-refractivity contribution >= 4 is 41.4 Å². The Morgan fingerprint density at radius 2 is 1.70 bits per heavy atom. The first-order valence-corrected chi connectivity index (χ1v) is 8.57. The number of rotatable bonds is 3. The molecular formula is C3H11NO2S4. The molecule has 0 heterocycles. The van der Waals surface area contributed by atoms with Crippen molar-refractivity contribution in [1.29, 1.82) is 0 Å². The minimum atomic E-state index is -3.08. The zero-order valence-electron chi connectivity index (χ0n) is 5.73. The lowest BCUT2D eigenvalue weighted by molar-refractivity contribution is 0.593. The number of hydrogen-bond acceptors (Lipinski definition) is 4. The normalized spacial score (nSPS) is 15.2. The lowest BCUT2D eigenvalue weighted by atomic mass is 11.5. The molecule has 0 aromatic heterocycles. The molecule has 0 aliphatic carbocycles. The molecule has 0 rings (SSSR count). The highest BCUT2D eigenvalue weighted by molar-refractivity contribution is 9.17. The third-order valence-corrected chi connectivity index (χ3v) is 2.91. The lowest BCUT2D eigenvalue weighted by Crippen LogP contribution is -2.23. The summed E-state index contributed by atoms with van der Waals surface area (Å²) in [6, 6.07) is 0. The number of sulfonamides is 1. The van der Waals surface area contributed by atoms with Crippen LogP contribution in [0.3, 0.4) is 0 Å². The molecule has 0 radical (unpaired) electrons. The molecule has 0 aliphatic heterocycles. The average Bonchev–Trinajstić information content (AvgIpc) is 1.57. The van der Waals surface area contributed by atoms with E-state index in [1.807, 2.05) is 0 Å². The molecule has 0 fully saturated rings. The van der Waals surface area contributed by atoms with Gasteiger partial charge in [0.2, 0.25) is 10.0 Å². The molecule has 64 valence electrons. The highest BCUT2D eigenvalue weighted by Crippen LogP contribution is 2.52. The van der Waals surface area contributed by atoms with Gasteiger partial charge in [-0.05, 0) is 6.26 Å². The van der Waals surface area contributed by atoms with E-state index in [1.165, 1.54) is 0 Å². The molecular weight excluding hydrogens is 210 g/mol. The molecule has 1 N–H and O–H groups in total. The maximum absolute atomic E-state index is 10.5. The molecule has 0 atom stereocenters. The monoisotopic (exact) mass is 221 g/mol. The number of nitrogens with one attached hydrogen (secondary N) is 1. The average molecular weight is 221 g/mol. The molecule has 0 saturated heterocycles. The zero-order chi connectivity index (χ0) is 8.41. The summed E-state index contributed by atoms with van der Waals surface area (Å²) in [5, 5.41) is 0. The summed E-state index contributed by atoms with van der Waals surface area (Å²) < 4.78 is 23.3. The largest absolute Gasteiger partial charge is 0.213 e. The third kappa shape index (κ3) is 8.96. The van der Waals surface area contributed by atoms with E-state index in [0.29, 0.717) is 5.88 Å². The van der Waals surface area contributed by atoms with Gasteiger partial charge in [0.25, 0.3) is 0 Å². The first kappa shape index (κ1) is 11.0. The SMILES string of the molecule is CS(S)(S)CNS(C)(=O)=O. The Kier molecular flexibility index (Phi) is 3.92. The Bertz CT molecular complexity index is 191. The van der Waals surface area contributed by atoms with Crippen molar-refractivity contribution in [2.24, 2.45) is 0 Å². The van der Waals surface area contributed by atoms with Crippen molar-refractivity contribution in [3.63, 3.8) is 0 Å². The van der Waals surface area contributed by atoms with Gasteiger partial charge < -0.3 is 0 Å². The highest BCUT2D eigenvalue weighted by atomic mass is 33.5. The Balaban J connectivity index is 3.79. The van der Waals surface area contributed by atoms with Gasteiger partial charge in [0, 0.05) is 0 Å². The Morgan fingerprint density at radius 1 is 1.30 bits per heavy atom. The van der Waals surface area contributed by atoms with Gasteiger partial charge >= 0.3 is 0 Å². The Hall–Kier alpha value is 0.960. The second kappa shape index (κ2) is 3.57. The van der Waals surface area contributed by atoms with E-state index in [-0.39, 0.29) is 0 Å². The molecule has 0 bridgehead atoms. The van der Waals surface area contributed by atoms with Crippen LogP contribution in [0.5, 0.6) is 0 Å². The van der Waals surface area contributed by atoms with Crippen LogP contribution in [0.25, 0.3) is 0 Å². The number of thiol groups is 2. The number of hydrogen-bond donors (Lipinski definition) is 3. The molecule has 0 aliphatic rings. The quantitative estimate of drug-likeness (QED) is 0.483. The molecule has 3 nitrogen and oxygen atoms in total. The van der Waals surface area contributed by atoms with Gasteiger partial charge in [0.15, 0.2) is 0 Å². The summed E-state index contributed by atoms with van der Waals surface area (Å²) in [6.07, 6.45) is 2.90. The van der Waals surface area contributed by atoms with Crippen molar-refractivity contribution < 1.29 is 8.42 Å². The molecule has 0 amide bonds. The Morgan fingerprint density at radius 3 is 1.80 bits per heavy atom. The highest BCUT2D eigenvalue weighted by Gasteiger charge is 2.08. The fraction of sp³-hybridized carbons (Fsp3) is 1.00. The maximum Gasteiger partial charge on any atom is 0.209 e. The van der Waals surface area contributed by atoms with Gasteiger partial charge in [-0.3, -0.25) is 0 Å². The molecule has 0 aromatic rings. The van der Waals surface area contributed by atoms with Crippen LogP contribution < -0.4 is 4.72 Å². The van der Waals surface area contributed by atoms with E-state index in [4.69, 9.17) is 0 Å². The van der Waals surface area contributed by atoms with E-state index in [2.05, 4.69) is 28.0 Å². The van der Waals surface area contributed by atoms with Crippen LogP contribution in [0, 0.1) is 0 Å². The van der Waals surface area contributed by atoms with Crippen molar-refractivity contribution in [3.8, 4) is 0 Å². The minimum absolute atomic E-state index is 0.304. The summed E-state index contributed by atoms with van der Waals surface area (Å²) in [7, 11) is -4.44. The Labute approximate surface area is 72.9 Å². The van der Waals surface area contributed by atoms with E-state index in [9.17, 15) is 8.42 Å². The molecule has 0 saturated carbocycles. The van der Waals surface area contributed by atoms with Gasteiger partial charge in [-0.15, -0.1) is 31.4 Å². The van der Waals surface area contributed by atoms with E-state index < -0.39 is 18.1 Å². The van der Waals surface area contributed by atoms with Crippen LogP contribution in [0.15, 0.2) is 0 Å². The van der Waals surface area contributed by atoms with Crippen LogP contribution >= 0.6 is 31.4 Å². The summed E-state index contributed by atoms with van der Waals surface area (Å²) in [6.45, 7) is 0. The van der Waals surface area contributed by atoms with Crippen LogP contribution in [-0.4, -0.2) is 26.8 Å². The van der Waals surface area contributed by atoms with E-state index >= 15 is 0 Å². The standard InChI is InChI=1S/C3H11NO2S4/c1-9(7,8)3-4-10(2,5)6/h4,7-8H,3H2,1-2H3. The van der Waals surface area contributed by atoms with Crippen molar-refractivity contribution in [1.82, 2.24) is 4.72 Å². The van der Waals surface area contributed by atoms with Gasteiger partial charge in [0.05, 0.1) is 12.1 Å². The van der Waals surface area contributed by atoms with Gasteiger partial charge in [-0.1, -0.05) is 0 Å². The van der Waals surface area contributed by atoms with E-state index in [1.54, 1.807) is 6.26 Å². The van der Waals surface area contributed by atoms with Crippen LogP contribution in [0.4, 0.5) is 0 Å². The summed E-state index contributed by atoms with van der Waals surface area (Å²) >= 11 is 8.17. The lowest BCUT2D eigenvalue weighted by Gasteiger charge is -2.21. The summed E-state index contributed by atoms with van der Waals surface area (Å²) in [5.41, 5.74) is 0. The fourth-order valence-corrected chi connectivity index (χ4v) is 2.92. The molecule has 0 unspecified atom stereocenters. The van der Waals surface area contributed by atoms with Crippen molar-refractivity contribution in [2.75, 3.05) is 18.4 Å². The van der Waals surface area contributed by atoms with Crippen LogP contribution in [0.2, 0.25) is 0 Å². The smallest absolute Gasteiger partial charge is 0.209 e. The van der Waals surface area contributed by atoms with Crippen LogP contribution in [0.1, 0.15) is 0 Å². The predicted molar refractivity (Wildman–Crippen MR) is 54.3 cm³/mol. The summed E-state index contributed by atoms with van der Waals surface area (Å²) in [4.78, 5) is 0. The molecule has 10 heavy (non-hydrogen) atoms. The van der Waals surface area contributed by atoms with Crippen molar-refractivity contribution in [2.45, 2.75) is 0 Å². The fourth-order valence-electron chi connectivity index (χ4n) is 0.219. The predicted octanol–water partition coefficient (Wildman–Crippen LogP) is 0.617. The molecule has 0 aromatic carbocycles. The first-order valence-electron chi connectivity index (χ1n) is 2.36. The van der Waals surface area contributed by atoms with Gasteiger partial charge in [0.1, 0.15) is 0 Å². The second-order valence-corrected chi connectivity index (χ2v) is 11.9. The molecule has 7 heteroatoms.